The Balaban J connectivity index is 0. The standard InChI is InChI=1S/B.Cr.2Fe.2H4Si/h;;;;2*1H4. The molecule has 0 nitrogen and oxygen atoms in total. The third-order valence-corrected chi connectivity index (χ3v) is 0. The van der Waals surface area contributed by atoms with Crippen LogP contribution in [0.3, 0.4) is 0 Å². The van der Waals surface area contributed by atoms with Crippen molar-refractivity contribution in [2.75, 3.05) is 0 Å². The van der Waals surface area contributed by atoms with Gasteiger partial charge >= 0.3 is 0 Å². The zero-order valence-corrected chi connectivity index (χ0v) is 5.18. The van der Waals surface area contributed by atoms with E-state index in [2.05, 4.69) is 0 Å². The van der Waals surface area contributed by atoms with Gasteiger partial charge in [-0.3, -0.25) is 0 Å². The molecule has 0 aliphatic carbocycles. The summed E-state index contributed by atoms with van der Waals surface area (Å²) in [6.07, 6.45) is 0. The van der Waals surface area contributed by atoms with Crippen molar-refractivity contribution in [2.24, 2.45) is 0 Å². The van der Waals surface area contributed by atoms with Crippen LogP contribution in [-0.2, 0) is 51.5 Å². The molecule has 41 valence electrons. The summed E-state index contributed by atoms with van der Waals surface area (Å²) in [5, 5.41) is 0. The molecule has 0 rings (SSSR count). The van der Waals surface area contributed by atoms with Gasteiger partial charge in [0.15, 0.2) is 0 Å². The summed E-state index contributed by atoms with van der Waals surface area (Å²) in [4.78, 5) is 0. The predicted molar refractivity (Wildman–Crippen MR) is 28.4 cm³/mol. The first-order valence-electron chi connectivity index (χ1n) is 0. The first kappa shape index (κ1) is 94.1. The molecule has 0 spiro atoms. The maximum Gasteiger partial charge on any atom is 0 e. The molecule has 6 heavy (non-hydrogen) atoms. The van der Waals surface area contributed by atoms with Crippen molar-refractivity contribution in [1.82, 2.24) is 0 Å². The normalized spacial score (nSPS) is 0. The SMILES string of the molecule is [B].[Cr].[Fe].[Fe].[SiH4].[SiH4]. The summed E-state index contributed by atoms with van der Waals surface area (Å²) in [6.45, 7) is 0. The van der Waals surface area contributed by atoms with E-state index in [1.54, 1.807) is 0 Å². The molecular formula is H8BCrFe2Si2. The van der Waals surface area contributed by atoms with Crippen LogP contribution in [0.1, 0.15) is 0 Å². The molecule has 0 amide bonds. The van der Waals surface area contributed by atoms with Gasteiger partial charge in [0.05, 0.1) is 0 Å². The van der Waals surface area contributed by atoms with Gasteiger partial charge in [0.25, 0.3) is 0 Å². The van der Waals surface area contributed by atoms with Crippen molar-refractivity contribution in [3.8, 4) is 0 Å². The molecule has 0 aromatic heterocycles. The average Bonchev–Trinajstić information content (AvgIpc) is 0. The summed E-state index contributed by atoms with van der Waals surface area (Å²) in [7, 11) is 0. The van der Waals surface area contributed by atoms with E-state index in [1.165, 1.54) is 0 Å². The van der Waals surface area contributed by atoms with E-state index in [0.29, 0.717) is 0 Å². The van der Waals surface area contributed by atoms with E-state index in [4.69, 9.17) is 0 Å². The van der Waals surface area contributed by atoms with Crippen molar-refractivity contribution in [3.63, 3.8) is 0 Å². The second-order valence-corrected chi connectivity index (χ2v) is 0. The monoisotopic (exact) mass is 239 g/mol. The van der Waals surface area contributed by atoms with Gasteiger partial charge in [-0.05, 0) is 21.9 Å². The van der Waals surface area contributed by atoms with Crippen LogP contribution in [0.5, 0.6) is 0 Å². The Bertz CT molecular complexity index is 11.5. The van der Waals surface area contributed by atoms with Gasteiger partial charge in [0.2, 0.25) is 0 Å². The maximum absolute atomic E-state index is 0. The van der Waals surface area contributed by atoms with Crippen molar-refractivity contribution < 1.29 is 51.5 Å². The molecule has 0 fully saturated rings. The zero-order chi connectivity index (χ0) is 0. The second kappa shape index (κ2) is 60.8. The fourth-order valence-electron chi connectivity index (χ4n) is 0. The van der Waals surface area contributed by atoms with Crippen LogP contribution in [0.25, 0.3) is 0 Å². The Kier molecular flexibility index (Phi) is 954. The van der Waals surface area contributed by atoms with Crippen molar-refractivity contribution in [3.05, 3.63) is 0 Å². The van der Waals surface area contributed by atoms with Crippen LogP contribution >= 0.6 is 0 Å². The second-order valence-electron chi connectivity index (χ2n) is 0. The average molecular weight is 239 g/mol. The Labute approximate surface area is 81.3 Å². The molecule has 0 unspecified atom stereocenters. The van der Waals surface area contributed by atoms with Crippen molar-refractivity contribution in [1.29, 1.82) is 0 Å². The van der Waals surface area contributed by atoms with E-state index in [9.17, 15) is 0 Å². The summed E-state index contributed by atoms with van der Waals surface area (Å²) in [6, 6.07) is 0. The summed E-state index contributed by atoms with van der Waals surface area (Å²) in [5.74, 6) is 0. The molecule has 0 saturated carbocycles. The van der Waals surface area contributed by atoms with E-state index in [1.807, 2.05) is 0 Å². The molecule has 0 atom stereocenters. The predicted octanol–water partition coefficient (Wildman–Crippen LogP) is -3.29. The van der Waals surface area contributed by atoms with Crippen LogP contribution < -0.4 is 0 Å². The topological polar surface area (TPSA) is 0 Å². The smallest absolute Gasteiger partial charge is 0 e. The molecule has 0 saturated heterocycles. The molecule has 3 radical (unpaired) electrons. The molecule has 0 aromatic rings. The molecule has 0 aliphatic heterocycles. The van der Waals surface area contributed by atoms with Crippen LogP contribution in [0.4, 0.5) is 0 Å². The summed E-state index contributed by atoms with van der Waals surface area (Å²) < 4.78 is 0. The molecule has 0 aromatic carbocycles. The van der Waals surface area contributed by atoms with Gasteiger partial charge in [-0.15, -0.1) is 0 Å². The minimum absolute atomic E-state index is 0. The van der Waals surface area contributed by atoms with E-state index in [0.717, 1.165) is 0 Å². The maximum atomic E-state index is 0. The number of hydrogen-bond acceptors (Lipinski definition) is 0. The van der Waals surface area contributed by atoms with E-state index >= 15 is 0 Å². The van der Waals surface area contributed by atoms with Gasteiger partial charge in [0.1, 0.15) is 0 Å². The van der Waals surface area contributed by atoms with Gasteiger partial charge < -0.3 is 0 Å². The van der Waals surface area contributed by atoms with Crippen LogP contribution in [-0.4, -0.2) is 30.3 Å². The molecule has 0 aliphatic rings. The Hall–Kier alpha value is 2.07. The number of rotatable bonds is 0. The van der Waals surface area contributed by atoms with Crippen LogP contribution in [0.2, 0.25) is 0 Å². The first-order valence-corrected chi connectivity index (χ1v) is 0. The largest absolute Gasteiger partial charge is 0.0149 e. The number of hydrogen-bond donors (Lipinski definition) is 0. The van der Waals surface area contributed by atoms with Crippen molar-refractivity contribution >= 4 is 30.3 Å². The van der Waals surface area contributed by atoms with Crippen LogP contribution in [0, 0.1) is 0 Å². The quantitative estimate of drug-likeness (QED) is 0.388. The molecular weight excluding hydrogens is 231 g/mol. The molecule has 0 N–H and O–H groups in total. The first-order chi connectivity index (χ1) is 0. The third kappa shape index (κ3) is 36.4. The van der Waals surface area contributed by atoms with Gasteiger partial charge in [-0.1, -0.05) is 0 Å². The minimum Gasteiger partial charge on any atom is -0.0149 e. The van der Waals surface area contributed by atoms with Gasteiger partial charge in [-0.2, -0.15) is 0 Å². The molecule has 0 heterocycles. The summed E-state index contributed by atoms with van der Waals surface area (Å²) >= 11 is 0. The summed E-state index contributed by atoms with van der Waals surface area (Å²) in [5.41, 5.74) is 0. The van der Waals surface area contributed by atoms with E-state index < -0.39 is 0 Å². The molecule has 0 bridgehead atoms. The minimum atomic E-state index is 0. The third-order valence-electron chi connectivity index (χ3n) is 0. The Morgan fingerprint density at radius 2 is 0.667 bits per heavy atom. The fraction of sp³-hybridized carbons (Fsp3) is 0. The van der Waals surface area contributed by atoms with Gasteiger partial charge in [-0.25, -0.2) is 0 Å². The molecule has 6 heteroatoms. The van der Waals surface area contributed by atoms with Crippen molar-refractivity contribution in [2.45, 2.75) is 0 Å². The zero-order valence-electron chi connectivity index (χ0n) is 1.69. The Morgan fingerprint density at radius 3 is 0.667 bits per heavy atom. The van der Waals surface area contributed by atoms with Gasteiger partial charge in [0, 0.05) is 59.9 Å². The fourth-order valence-corrected chi connectivity index (χ4v) is 0. The van der Waals surface area contributed by atoms with E-state index in [-0.39, 0.29) is 81.8 Å². The van der Waals surface area contributed by atoms with Crippen LogP contribution in [0.15, 0.2) is 0 Å². The Morgan fingerprint density at radius 1 is 0.667 bits per heavy atom.